The molecular weight excluding hydrogens is 441 g/mol. The first-order chi connectivity index (χ1) is 11.5. The Morgan fingerprint density at radius 2 is 1.83 bits per heavy atom. The molecule has 130 valence electrons. The van der Waals surface area contributed by atoms with Crippen LogP contribution in [0.2, 0.25) is 0 Å². The number of hydrogen-bond acceptors (Lipinski definition) is 4. The maximum atomic E-state index is 12.3. The molecule has 24 heavy (non-hydrogen) atoms. The molecule has 0 aliphatic rings. The van der Waals surface area contributed by atoms with E-state index in [0.717, 1.165) is 15.7 Å². The van der Waals surface area contributed by atoms with Crippen molar-refractivity contribution in [3.8, 4) is 11.5 Å². The Morgan fingerprint density at radius 3 is 2.42 bits per heavy atom. The van der Waals surface area contributed by atoms with Crippen molar-refractivity contribution in [3.05, 3.63) is 51.6 Å². The molecule has 5 nitrogen and oxygen atoms in total. The lowest BCUT2D eigenvalue weighted by molar-refractivity contribution is 0.322. The zero-order valence-corrected chi connectivity index (χ0v) is 16.6. The van der Waals surface area contributed by atoms with E-state index in [1.54, 1.807) is 19.2 Å². The highest BCUT2D eigenvalue weighted by Gasteiger charge is 2.15. The fraction of sp³-hybridized carbons (Fsp3) is 0.294. The van der Waals surface area contributed by atoms with Crippen molar-refractivity contribution in [1.82, 2.24) is 4.72 Å². The van der Waals surface area contributed by atoms with E-state index in [4.69, 9.17) is 9.47 Å². The molecule has 0 aliphatic heterocycles. The first-order valence-corrected chi connectivity index (χ1v) is 10.1. The minimum Gasteiger partial charge on any atom is -0.496 e. The third kappa shape index (κ3) is 5.09. The quantitative estimate of drug-likeness (QED) is 0.485. The Bertz CT molecular complexity index is 776. The summed E-state index contributed by atoms with van der Waals surface area (Å²) >= 11 is 2.04. The van der Waals surface area contributed by atoms with Crippen molar-refractivity contribution >= 4 is 32.6 Å². The molecule has 1 N–H and O–H groups in total. The summed E-state index contributed by atoms with van der Waals surface area (Å²) in [5.41, 5.74) is 1.23. The zero-order valence-electron chi connectivity index (χ0n) is 13.6. The number of ether oxygens (including phenoxy) is 2. The van der Waals surface area contributed by atoms with Crippen LogP contribution in [0.1, 0.15) is 12.5 Å². The van der Waals surface area contributed by atoms with E-state index < -0.39 is 10.0 Å². The van der Waals surface area contributed by atoms with Crippen LogP contribution >= 0.6 is 22.6 Å². The number of methoxy groups -OCH3 is 1. The molecule has 0 radical (unpaired) electrons. The van der Waals surface area contributed by atoms with Crippen molar-refractivity contribution in [2.75, 3.05) is 20.3 Å². The average molecular weight is 461 g/mol. The van der Waals surface area contributed by atoms with E-state index in [1.807, 2.05) is 46.9 Å². The molecule has 0 fully saturated rings. The van der Waals surface area contributed by atoms with Gasteiger partial charge in [-0.05, 0) is 64.9 Å². The van der Waals surface area contributed by atoms with Crippen LogP contribution in [0.15, 0.2) is 47.4 Å². The number of rotatable bonds is 8. The van der Waals surface area contributed by atoms with Crippen LogP contribution in [-0.2, 0) is 16.4 Å². The van der Waals surface area contributed by atoms with E-state index in [1.165, 1.54) is 11.6 Å². The van der Waals surface area contributed by atoms with Crippen molar-refractivity contribution in [2.24, 2.45) is 0 Å². The van der Waals surface area contributed by atoms with Gasteiger partial charge in [0.25, 0.3) is 0 Å². The lowest BCUT2D eigenvalue weighted by Gasteiger charge is -2.10. The lowest BCUT2D eigenvalue weighted by Crippen LogP contribution is -2.28. The van der Waals surface area contributed by atoms with Crippen LogP contribution in [0.4, 0.5) is 0 Å². The molecule has 2 rings (SSSR count). The highest BCUT2D eigenvalue weighted by Crippen LogP contribution is 2.23. The lowest BCUT2D eigenvalue weighted by atomic mass is 10.2. The second-order valence-corrected chi connectivity index (χ2v) is 7.97. The molecule has 0 amide bonds. The molecule has 0 saturated heterocycles. The van der Waals surface area contributed by atoms with Crippen molar-refractivity contribution in [3.63, 3.8) is 0 Å². The van der Waals surface area contributed by atoms with E-state index in [9.17, 15) is 8.42 Å². The van der Waals surface area contributed by atoms with Gasteiger partial charge in [0.05, 0.1) is 15.6 Å². The fourth-order valence-electron chi connectivity index (χ4n) is 2.06. The van der Waals surface area contributed by atoms with Gasteiger partial charge < -0.3 is 9.47 Å². The molecule has 0 saturated carbocycles. The normalized spacial score (nSPS) is 11.3. The van der Waals surface area contributed by atoms with E-state index in [2.05, 4.69) is 11.6 Å². The van der Waals surface area contributed by atoms with Crippen molar-refractivity contribution in [1.29, 1.82) is 0 Å². The number of hydrogen-bond donors (Lipinski definition) is 1. The standard InChI is InChI=1S/C17H20INO4S/c1-3-13-4-6-14(7-5-13)23-11-10-19-24(20,21)15-8-9-17(22-2)16(18)12-15/h4-9,12,19H,3,10-11H2,1-2H3. The Kier molecular flexibility index (Phi) is 6.88. The van der Waals surface area contributed by atoms with Crippen molar-refractivity contribution in [2.45, 2.75) is 18.2 Å². The minimum absolute atomic E-state index is 0.195. The Morgan fingerprint density at radius 1 is 1.12 bits per heavy atom. The van der Waals surface area contributed by atoms with Gasteiger partial charge in [-0.1, -0.05) is 19.1 Å². The molecule has 0 spiro atoms. The summed E-state index contributed by atoms with van der Waals surface area (Å²) in [7, 11) is -2.01. The monoisotopic (exact) mass is 461 g/mol. The topological polar surface area (TPSA) is 64.6 Å². The molecule has 0 unspecified atom stereocenters. The number of nitrogens with one attached hydrogen (secondary N) is 1. The summed E-state index contributed by atoms with van der Waals surface area (Å²) in [5, 5.41) is 0. The van der Waals surface area contributed by atoms with Crippen LogP contribution in [0.5, 0.6) is 11.5 Å². The summed E-state index contributed by atoms with van der Waals surface area (Å²) in [4.78, 5) is 0.208. The second-order valence-electron chi connectivity index (χ2n) is 5.04. The van der Waals surface area contributed by atoms with Gasteiger partial charge in [0.15, 0.2) is 0 Å². The summed E-state index contributed by atoms with van der Waals surface area (Å²) in [6.45, 7) is 2.55. The van der Waals surface area contributed by atoms with Crippen molar-refractivity contribution < 1.29 is 17.9 Å². The Balaban J connectivity index is 1.89. The predicted molar refractivity (Wildman–Crippen MR) is 102 cm³/mol. The molecule has 0 aromatic heterocycles. The first-order valence-electron chi connectivity index (χ1n) is 7.51. The largest absolute Gasteiger partial charge is 0.496 e. The Labute approximate surface area is 156 Å². The average Bonchev–Trinajstić information content (AvgIpc) is 2.59. The molecule has 0 heterocycles. The smallest absolute Gasteiger partial charge is 0.240 e. The van der Waals surface area contributed by atoms with Gasteiger partial charge in [-0.3, -0.25) is 0 Å². The SMILES string of the molecule is CCc1ccc(OCCNS(=O)(=O)c2ccc(OC)c(I)c2)cc1. The van der Waals surface area contributed by atoms with Crippen LogP contribution in [-0.4, -0.2) is 28.7 Å². The van der Waals surface area contributed by atoms with Gasteiger partial charge in [0, 0.05) is 6.54 Å². The van der Waals surface area contributed by atoms with Crippen LogP contribution in [0.25, 0.3) is 0 Å². The molecule has 0 atom stereocenters. The molecule has 0 aliphatic carbocycles. The number of benzene rings is 2. The highest BCUT2D eigenvalue weighted by atomic mass is 127. The predicted octanol–water partition coefficient (Wildman–Crippen LogP) is 3.22. The molecular formula is C17H20INO4S. The maximum absolute atomic E-state index is 12.3. The summed E-state index contributed by atoms with van der Waals surface area (Å²) < 4.78 is 38.5. The highest BCUT2D eigenvalue weighted by molar-refractivity contribution is 14.1. The third-order valence-electron chi connectivity index (χ3n) is 3.43. The molecule has 7 heteroatoms. The van der Waals surface area contributed by atoms with Gasteiger partial charge in [-0.15, -0.1) is 0 Å². The molecule has 2 aromatic rings. The summed E-state index contributed by atoms with van der Waals surface area (Å²) in [6.07, 6.45) is 0.973. The van der Waals surface area contributed by atoms with Gasteiger partial charge in [0.2, 0.25) is 10.0 Å². The third-order valence-corrected chi connectivity index (χ3v) is 5.73. The van der Waals surface area contributed by atoms with Gasteiger partial charge in [0.1, 0.15) is 18.1 Å². The van der Waals surface area contributed by atoms with E-state index in [0.29, 0.717) is 5.75 Å². The zero-order chi connectivity index (χ0) is 17.6. The summed E-state index contributed by atoms with van der Waals surface area (Å²) in [5.74, 6) is 1.37. The first kappa shape index (κ1) is 19.0. The number of aryl methyl sites for hydroxylation is 1. The number of sulfonamides is 1. The fourth-order valence-corrected chi connectivity index (χ4v) is 4.05. The van der Waals surface area contributed by atoms with Gasteiger partial charge >= 0.3 is 0 Å². The van der Waals surface area contributed by atoms with Crippen LogP contribution in [0, 0.1) is 3.57 Å². The number of halogens is 1. The summed E-state index contributed by atoms with van der Waals surface area (Å²) in [6, 6.07) is 12.5. The van der Waals surface area contributed by atoms with Gasteiger partial charge in [-0.2, -0.15) is 0 Å². The second kappa shape index (κ2) is 8.68. The van der Waals surface area contributed by atoms with Crippen LogP contribution < -0.4 is 14.2 Å². The van der Waals surface area contributed by atoms with Gasteiger partial charge in [-0.25, -0.2) is 13.1 Å². The minimum atomic E-state index is -3.56. The van der Waals surface area contributed by atoms with E-state index >= 15 is 0 Å². The van der Waals surface area contributed by atoms with Crippen LogP contribution in [0.3, 0.4) is 0 Å². The molecule has 2 aromatic carbocycles. The Hall–Kier alpha value is -1.32. The maximum Gasteiger partial charge on any atom is 0.240 e. The van der Waals surface area contributed by atoms with E-state index in [-0.39, 0.29) is 18.0 Å². The molecule has 0 bridgehead atoms.